The fraction of sp³-hybridized carbons (Fsp3) is 0.360. The van der Waals surface area contributed by atoms with Gasteiger partial charge in [-0.15, -0.1) is 0 Å². The van der Waals surface area contributed by atoms with Crippen LogP contribution in [0, 0.1) is 18.3 Å². The first-order valence-corrected chi connectivity index (χ1v) is 10.7. The molecule has 0 aliphatic carbocycles. The van der Waals surface area contributed by atoms with Gasteiger partial charge >= 0.3 is 0 Å². The van der Waals surface area contributed by atoms with Crippen LogP contribution in [0.5, 0.6) is 0 Å². The van der Waals surface area contributed by atoms with Crippen molar-refractivity contribution in [3.8, 4) is 6.07 Å². The van der Waals surface area contributed by atoms with Crippen molar-refractivity contribution in [2.45, 2.75) is 52.5 Å². The summed E-state index contributed by atoms with van der Waals surface area (Å²) in [4.78, 5) is 15.1. The fourth-order valence-corrected chi connectivity index (χ4v) is 4.64. The van der Waals surface area contributed by atoms with Gasteiger partial charge in [-0.25, -0.2) is 0 Å². The number of benzene rings is 2. The number of anilines is 2. The zero-order valence-electron chi connectivity index (χ0n) is 18.2. The Bertz CT molecular complexity index is 1050. The van der Waals surface area contributed by atoms with Crippen molar-refractivity contribution in [1.82, 2.24) is 0 Å². The van der Waals surface area contributed by atoms with Gasteiger partial charge in [-0.05, 0) is 87.1 Å². The van der Waals surface area contributed by atoms with Crippen LogP contribution in [0.2, 0.25) is 5.02 Å². The summed E-state index contributed by atoms with van der Waals surface area (Å²) in [6.45, 7) is 11.9. The summed E-state index contributed by atoms with van der Waals surface area (Å²) < 4.78 is 0. The van der Waals surface area contributed by atoms with Gasteiger partial charge in [0.1, 0.15) is 11.6 Å². The topological polar surface area (TPSA) is 56.1 Å². The molecule has 1 unspecified atom stereocenters. The molecular weight excluding hydrogens is 394 g/mol. The van der Waals surface area contributed by atoms with Crippen LogP contribution in [-0.4, -0.2) is 18.0 Å². The van der Waals surface area contributed by atoms with Gasteiger partial charge in [-0.3, -0.25) is 4.79 Å². The molecular formula is C25H28ClN3O. The molecule has 1 N–H and O–H groups in total. The number of rotatable bonds is 4. The van der Waals surface area contributed by atoms with E-state index in [-0.39, 0.29) is 11.1 Å². The minimum atomic E-state index is -0.466. The van der Waals surface area contributed by atoms with Crippen molar-refractivity contribution in [3.63, 3.8) is 0 Å². The number of nitrogens with zero attached hydrogens (tertiary/aromatic N) is 2. The van der Waals surface area contributed by atoms with E-state index >= 15 is 0 Å². The van der Waals surface area contributed by atoms with Crippen LogP contribution in [-0.2, 0) is 4.79 Å². The first-order chi connectivity index (χ1) is 14.2. The summed E-state index contributed by atoms with van der Waals surface area (Å²) in [5.41, 5.74) is 5.07. The fourth-order valence-electron chi connectivity index (χ4n) is 4.46. The Morgan fingerprint density at radius 3 is 2.70 bits per heavy atom. The lowest BCUT2D eigenvalue weighted by atomic mass is 9.79. The quantitative estimate of drug-likeness (QED) is 0.465. The van der Waals surface area contributed by atoms with E-state index < -0.39 is 5.91 Å². The maximum absolute atomic E-state index is 12.7. The normalized spacial score (nSPS) is 17.8. The van der Waals surface area contributed by atoms with E-state index in [9.17, 15) is 10.1 Å². The highest BCUT2D eigenvalue weighted by Crippen LogP contribution is 2.44. The number of para-hydroxylation sites is 1. The summed E-state index contributed by atoms with van der Waals surface area (Å²) in [7, 11) is 0. The molecule has 1 aliphatic rings. The van der Waals surface area contributed by atoms with Gasteiger partial charge in [0.15, 0.2) is 0 Å². The molecule has 1 aliphatic heterocycles. The number of nitriles is 1. The van der Waals surface area contributed by atoms with Crippen LogP contribution in [0.15, 0.2) is 42.0 Å². The lowest BCUT2D eigenvalue weighted by Gasteiger charge is -2.47. The average molecular weight is 422 g/mol. The van der Waals surface area contributed by atoms with Crippen LogP contribution in [0.25, 0.3) is 6.08 Å². The van der Waals surface area contributed by atoms with Crippen LogP contribution >= 0.6 is 11.6 Å². The SMILES string of the molecule is CCN1c2cc(C)c(/C=C(\C#N)C(=O)Nc3ccccc3Cl)cc2C(C)CC1(C)C. The van der Waals surface area contributed by atoms with Gasteiger partial charge < -0.3 is 10.2 Å². The number of hydrogen-bond donors (Lipinski definition) is 1. The number of carbonyl (C=O) groups excluding carboxylic acids is 1. The number of fused-ring (bicyclic) bond motifs is 1. The molecule has 0 saturated heterocycles. The van der Waals surface area contributed by atoms with Gasteiger partial charge in [0.05, 0.1) is 10.7 Å². The van der Waals surface area contributed by atoms with Crippen LogP contribution < -0.4 is 10.2 Å². The minimum absolute atomic E-state index is 0.0501. The van der Waals surface area contributed by atoms with E-state index in [1.54, 1.807) is 30.3 Å². The second-order valence-corrected chi connectivity index (χ2v) is 8.94. The number of halogens is 1. The van der Waals surface area contributed by atoms with E-state index in [2.05, 4.69) is 50.0 Å². The third-order valence-corrected chi connectivity index (χ3v) is 6.21. The molecule has 1 amide bonds. The van der Waals surface area contributed by atoms with E-state index in [1.807, 2.05) is 13.0 Å². The van der Waals surface area contributed by atoms with Crippen molar-refractivity contribution in [3.05, 3.63) is 63.7 Å². The Labute approximate surface area is 184 Å². The average Bonchev–Trinajstić information content (AvgIpc) is 2.68. The molecule has 156 valence electrons. The number of carbonyl (C=O) groups is 1. The molecule has 0 saturated carbocycles. The van der Waals surface area contributed by atoms with Crippen LogP contribution in [0.3, 0.4) is 0 Å². The Kier molecular flexibility index (Phi) is 6.24. The molecule has 0 spiro atoms. The Balaban J connectivity index is 1.98. The van der Waals surface area contributed by atoms with Gasteiger partial charge in [-0.2, -0.15) is 5.26 Å². The Morgan fingerprint density at radius 1 is 1.37 bits per heavy atom. The van der Waals surface area contributed by atoms with Crippen molar-refractivity contribution in [2.24, 2.45) is 0 Å². The molecule has 2 aromatic carbocycles. The van der Waals surface area contributed by atoms with E-state index in [1.165, 1.54) is 11.3 Å². The van der Waals surface area contributed by atoms with E-state index in [0.29, 0.717) is 16.6 Å². The Morgan fingerprint density at radius 2 is 2.07 bits per heavy atom. The smallest absolute Gasteiger partial charge is 0.266 e. The first-order valence-electron chi connectivity index (χ1n) is 10.3. The van der Waals surface area contributed by atoms with Crippen LogP contribution in [0.4, 0.5) is 11.4 Å². The number of aryl methyl sites for hydroxylation is 1. The standard InChI is InChI=1S/C25H28ClN3O/c1-6-29-23-11-16(2)18(13-20(23)17(3)14-25(29,4)5)12-19(15-27)24(30)28-22-10-8-7-9-21(22)26/h7-13,17H,6,14H2,1-5H3,(H,28,30)/b19-12+. The lowest BCUT2D eigenvalue weighted by molar-refractivity contribution is -0.112. The second kappa shape index (κ2) is 8.53. The number of hydrogen-bond acceptors (Lipinski definition) is 3. The summed E-state index contributed by atoms with van der Waals surface area (Å²) in [5, 5.41) is 12.8. The minimum Gasteiger partial charge on any atom is -0.366 e. The van der Waals surface area contributed by atoms with E-state index in [0.717, 1.165) is 24.1 Å². The largest absolute Gasteiger partial charge is 0.366 e. The second-order valence-electron chi connectivity index (χ2n) is 8.53. The molecule has 1 atom stereocenters. The summed E-state index contributed by atoms with van der Waals surface area (Å²) in [6, 6.07) is 13.3. The van der Waals surface area contributed by atoms with Gasteiger partial charge in [-0.1, -0.05) is 30.7 Å². The highest BCUT2D eigenvalue weighted by atomic mass is 35.5. The molecule has 0 aromatic heterocycles. The highest BCUT2D eigenvalue weighted by molar-refractivity contribution is 6.34. The molecule has 1 heterocycles. The highest BCUT2D eigenvalue weighted by Gasteiger charge is 2.35. The predicted molar refractivity (Wildman–Crippen MR) is 125 cm³/mol. The van der Waals surface area contributed by atoms with E-state index in [4.69, 9.17) is 11.6 Å². The van der Waals surface area contributed by atoms with Gasteiger partial charge in [0, 0.05) is 17.8 Å². The summed E-state index contributed by atoms with van der Waals surface area (Å²) in [6.07, 6.45) is 2.72. The lowest BCUT2D eigenvalue weighted by Crippen LogP contribution is -2.48. The van der Waals surface area contributed by atoms with Gasteiger partial charge in [0.2, 0.25) is 0 Å². The van der Waals surface area contributed by atoms with Gasteiger partial charge in [0.25, 0.3) is 5.91 Å². The molecule has 5 heteroatoms. The molecule has 30 heavy (non-hydrogen) atoms. The molecule has 0 radical (unpaired) electrons. The zero-order chi connectivity index (χ0) is 22.1. The molecule has 3 rings (SSSR count). The third-order valence-electron chi connectivity index (χ3n) is 5.88. The van der Waals surface area contributed by atoms with Crippen molar-refractivity contribution in [1.29, 1.82) is 5.26 Å². The van der Waals surface area contributed by atoms with Crippen molar-refractivity contribution < 1.29 is 4.79 Å². The maximum atomic E-state index is 12.7. The summed E-state index contributed by atoms with van der Waals surface area (Å²) in [5.74, 6) is -0.0693. The third kappa shape index (κ3) is 4.22. The van der Waals surface area contributed by atoms with Crippen molar-refractivity contribution in [2.75, 3.05) is 16.8 Å². The number of amides is 1. The Hall–Kier alpha value is -2.77. The first kappa shape index (κ1) is 21.9. The summed E-state index contributed by atoms with van der Waals surface area (Å²) >= 11 is 6.13. The maximum Gasteiger partial charge on any atom is 0.266 e. The molecule has 0 fully saturated rings. The molecule has 0 bridgehead atoms. The molecule has 4 nitrogen and oxygen atoms in total. The zero-order valence-corrected chi connectivity index (χ0v) is 19.0. The monoisotopic (exact) mass is 421 g/mol. The van der Waals surface area contributed by atoms with Crippen LogP contribution in [0.1, 0.15) is 56.7 Å². The predicted octanol–water partition coefficient (Wildman–Crippen LogP) is 6.31. The number of nitrogens with one attached hydrogen (secondary N) is 1. The van der Waals surface area contributed by atoms with Crippen molar-refractivity contribution >= 4 is 35.0 Å². The molecule has 2 aromatic rings.